The van der Waals surface area contributed by atoms with Gasteiger partial charge in [-0.3, -0.25) is 0 Å². The van der Waals surface area contributed by atoms with Crippen LogP contribution in [0.25, 0.3) is 10.8 Å². The van der Waals surface area contributed by atoms with Crippen LogP contribution in [-0.4, -0.2) is 6.61 Å². The highest BCUT2D eigenvalue weighted by molar-refractivity contribution is 5.89. The van der Waals surface area contributed by atoms with Gasteiger partial charge in [0.1, 0.15) is 5.75 Å². The zero-order valence-corrected chi connectivity index (χ0v) is 11.3. The van der Waals surface area contributed by atoms with E-state index in [4.69, 9.17) is 4.74 Å². The number of rotatable bonds is 1. The lowest BCUT2D eigenvalue weighted by Gasteiger charge is -2.27. The Morgan fingerprint density at radius 1 is 0.800 bits per heavy atom. The van der Waals surface area contributed by atoms with Gasteiger partial charge in [-0.1, -0.05) is 60.7 Å². The van der Waals surface area contributed by atoms with Crippen LogP contribution in [0.2, 0.25) is 0 Å². The summed E-state index contributed by atoms with van der Waals surface area (Å²) in [6.45, 7) is 0.797. The topological polar surface area (TPSA) is 9.23 Å². The van der Waals surface area contributed by atoms with Crippen LogP contribution in [-0.2, 0) is 0 Å². The normalized spacial score (nSPS) is 17.5. The second-order valence-electron chi connectivity index (χ2n) is 5.30. The van der Waals surface area contributed by atoms with Crippen molar-refractivity contribution in [3.63, 3.8) is 0 Å². The lowest BCUT2D eigenvalue weighted by Crippen LogP contribution is -2.15. The molecular weight excluding hydrogens is 244 g/mol. The lowest BCUT2D eigenvalue weighted by atomic mass is 9.84. The summed E-state index contributed by atoms with van der Waals surface area (Å²) in [5.74, 6) is 1.48. The molecule has 0 aromatic heterocycles. The van der Waals surface area contributed by atoms with Crippen molar-refractivity contribution in [3.05, 3.63) is 77.9 Å². The Kier molecular flexibility index (Phi) is 2.70. The van der Waals surface area contributed by atoms with Gasteiger partial charge in [-0.15, -0.1) is 0 Å². The van der Waals surface area contributed by atoms with Gasteiger partial charge in [-0.25, -0.2) is 0 Å². The fourth-order valence-corrected chi connectivity index (χ4v) is 3.21. The minimum absolute atomic E-state index is 0.436. The molecule has 0 saturated carbocycles. The first-order chi connectivity index (χ1) is 9.93. The SMILES string of the molecule is c1ccc(C2CCOc3ccc4ccccc4c32)cc1. The molecule has 4 rings (SSSR count). The monoisotopic (exact) mass is 260 g/mol. The highest BCUT2D eigenvalue weighted by Gasteiger charge is 2.24. The summed E-state index contributed by atoms with van der Waals surface area (Å²) in [4.78, 5) is 0. The smallest absolute Gasteiger partial charge is 0.123 e. The van der Waals surface area contributed by atoms with Crippen molar-refractivity contribution >= 4 is 10.8 Å². The molecule has 0 aliphatic carbocycles. The molecule has 20 heavy (non-hydrogen) atoms. The van der Waals surface area contributed by atoms with Crippen LogP contribution in [0.1, 0.15) is 23.5 Å². The Hall–Kier alpha value is -2.28. The fraction of sp³-hybridized carbons (Fsp3) is 0.158. The molecule has 1 unspecified atom stereocenters. The lowest BCUT2D eigenvalue weighted by molar-refractivity contribution is 0.278. The Bertz CT molecular complexity index is 746. The second-order valence-corrected chi connectivity index (χ2v) is 5.30. The maximum Gasteiger partial charge on any atom is 0.123 e. The first-order valence-electron chi connectivity index (χ1n) is 7.13. The Balaban J connectivity index is 1.97. The molecule has 1 aliphatic rings. The summed E-state index contributed by atoms with van der Waals surface area (Å²) in [6, 6.07) is 23.6. The van der Waals surface area contributed by atoms with E-state index in [-0.39, 0.29) is 0 Å². The number of hydrogen-bond donors (Lipinski definition) is 0. The first-order valence-corrected chi connectivity index (χ1v) is 7.13. The van der Waals surface area contributed by atoms with Gasteiger partial charge in [0.15, 0.2) is 0 Å². The zero-order chi connectivity index (χ0) is 13.4. The molecule has 0 spiro atoms. The minimum atomic E-state index is 0.436. The van der Waals surface area contributed by atoms with Gasteiger partial charge in [-0.2, -0.15) is 0 Å². The Morgan fingerprint density at radius 3 is 2.50 bits per heavy atom. The molecule has 3 aromatic rings. The van der Waals surface area contributed by atoms with Crippen molar-refractivity contribution in [1.29, 1.82) is 0 Å². The number of ether oxygens (including phenoxy) is 1. The third kappa shape index (κ3) is 1.78. The number of hydrogen-bond acceptors (Lipinski definition) is 1. The van der Waals surface area contributed by atoms with Crippen molar-refractivity contribution in [1.82, 2.24) is 0 Å². The first kappa shape index (κ1) is 11.5. The van der Waals surface area contributed by atoms with Crippen LogP contribution in [0.5, 0.6) is 5.75 Å². The quantitative estimate of drug-likeness (QED) is 0.613. The van der Waals surface area contributed by atoms with Crippen LogP contribution in [0.15, 0.2) is 66.7 Å². The maximum absolute atomic E-state index is 5.88. The van der Waals surface area contributed by atoms with Gasteiger partial charge in [0.25, 0.3) is 0 Å². The van der Waals surface area contributed by atoms with E-state index in [1.54, 1.807) is 0 Å². The van der Waals surface area contributed by atoms with Crippen LogP contribution in [0.3, 0.4) is 0 Å². The molecule has 0 amide bonds. The maximum atomic E-state index is 5.88. The van der Waals surface area contributed by atoms with Gasteiger partial charge in [0.05, 0.1) is 6.61 Å². The van der Waals surface area contributed by atoms with Crippen LogP contribution in [0, 0.1) is 0 Å². The summed E-state index contributed by atoms with van der Waals surface area (Å²) in [7, 11) is 0. The molecule has 1 atom stereocenters. The van der Waals surface area contributed by atoms with Gasteiger partial charge < -0.3 is 4.74 Å². The van der Waals surface area contributed by atoms with Crippen LogP contribution < -0.4 is 4.74 Å². The molecule has 98 valence electrons. The van der Waals surface area contributed by atoms with E-state index in [1.165, 1.54) is 21.9 Å². The zero-order valence-electron chi connectivity index (χ0n) is 11.3. The highest BCUT2D eigenvalue weighted by Crippen LogP contribution is 2.42. The van der Waals surface area contributed by atoms with Crippen LogP contribution in [0.4, 0.5) is 0 Å². The van der Waals surface area contributed by atoms with E-state index in [9.17, 15) is 0 Å². The van der Waals surface area contributed by atoms with Crippen molar-refractivity contribution in [2.24, 2.45) is 0 Å². The summed E-state index contributed by atoms with van der Waals surface area (Å²) < 4.78 is 5.88. The molecule has 1 heterocycles. The highest BCUT2D eigenvalue weighted by atomic mass is 16.5. The van der Waals surface area contributed by atoms with Gasteiger partial charge in [0, 0.05) is 11.5 Å². The average Bonchev–Trinajstić information content (AvgIpc) is 2.55. The van der Waals surface area contributed by atoms with E-state index >= 15 is 0 Å². The number of fused-ring (bicyclic) bond motifs is 3. The average molecular weight is 260 g/mol. The molecule has 3 aromatic carbocycles. The molecule has 0 radical (unpaired) electrons. The van der Waals surface area contributed by atoms with Gasteiger partial charge in [-0.05, 0) is 28.8 Å². The van der Waals surface area contributed by atoms with Crippen molar-refractivity contribution in [2.75, 3.05) is 6.61 Å². The van der Waals surface area contributed by atoms with E-state index in [1.807, 2.05) is 0 Å². The number of benzene rings is 3. The second kappa shape index (κ2) is 4.68. The molecule has 0 bridgehead atoms. The molecule has 1 heteroatoms. The summed E-state index contributed by atoms with van der Waals surface area (Å²) in [5.41, 5.74) is 2.73. The molecular formula is C19H16O. The van der Waals surface area contributed by atoms with E-state index in [0.29, 0.717) is 5.92 Å². The Labute approximate surface area is 118 Å². The fourth-order valence-electron chi connectivity index (χ4n) is 3.21. The van der Waals surface area contributed by atoms with Crippen molar-refractivity contribution < 1.29 is 4.74 Å². The van der Waals surface area contributed by atoms with Crippen LogP contribution >= 0.6 is 0 Å². The predicted molar refractivity (Wildman–Crippen MR) is 82.3 cm³/mol. The minimum Gasteiger partial charge on any atom is -0.493 e. The Morgan fingerprint density at radius 2 is 1.60 bits per heavy atom. The largest absolute Gasteiger partial charge is 0.493 e. The molecule has 1 aliphatic heterocycles. The van der Waals surface area contributed by atoms with Gasteiger partial charge in [0.2, 0.25) is 0 Å². The van der Waals surface area contributed by atoms with Crippen molar-refractivity contribution in [2.45, 2.75) is 12.3 Å². The third-order valence-electron chi connectivity index (χ3n) is 4.15. The van der Waals surface area contributed by atoms with E-state index < -0.39 is 0 Å². The van der Waals surface area contributed by atoms with Gasteiger partial charge >= 0.3 is 0 Å². The molecule has 0 fully saturated rings. The summed E-state index contributed by atoms with van der Waals surface area (Å²) in [5, 5.41) is 2.61. The third-order valence-corrected chi connectivity index (χ3v) is 4.15. The summed E-state index contributed by atoms with van der Waals surface area (Å²) in [6.07, 6.45) is 1.05. The van der Waals surface area contributed by atoms with Crippen molar-refractivity contribution in [3.8, 4) is 5.75 Å². The van der Waals surface area contributed by atoms with E-state index in [2.05, 4.69) is 66.7 Å². The predicted octanol–water partition coefficient (Wildman–Crippen LogP) is 4.75. The summed E-state index contributed by atoms with van der Waals surface area (Å²) >= 11 is 0. The molecule has 0 N–H and O–H groups in total. The molecule has 0 saturated heterocycles. The molecule has 1 nitrogen and oxygen atoms in total. The van der Waals surface area contributed by atoms with E-state index in [0.717, 1.165) is 18.8 Å². The standard InChI is InChI=1S/C19H16O/c1-2-6-14(7-3-1)17-12-13-20-18-11-10-15-8-4-5-9-16(15)19(17)18/h1-11,17H,12-13H2.